The lowest BCUT2D eigenvalue weighted by Gasteiger charge is -2.11. The molecule has 0 aromatic heterocycles. The second kappa shape index (κ2) is 5.23. The summed E-state index contributed by atoms with van der Waals surface area (Å²) in [6.07, 6.45) is 0. The van der Waals surface area contributed by atoms with Crippen molar-refractivity contribution < 1.29 is 18.4 Å². The number of nitrogens with one attached hydrogen (secondary N) is 2. The number of carbonyl (C=O) groups is 2. The topological polar surface area (TPSA) is 58.2 Å². The van der Waals surface area contributed by atoms with Crippen molar-refractivity contribution in [3.8, 4) is 0 Å². The summed E-state index contributed by atoms with van der Waals surface area (Å²) in [4.78, 5) is 22.6. The van der Waals surface area contributed by atoms with Crippen LogP contribution in [0.2, 0.25) is 0 Å². The van der Waals surface area contributed by atoms with Gasteiger partial charge in [-0.25, -0.2) is 8.78 Å². The maximum atomic E-state index is 13.5. The van der Waals surface area contributed by atoms with Crippen molar-refractivity contribution in [2.75, 3.05) is 11.1 Å². The second-order valence-corrected chi connectivity index (χ2v) is 5.38. The van der Waals surface area contributed by atoms with Crippen LogP contribution in [0.15, 0.2) is 16.6 Å². The molecule has 8 heteroatoms. The van der Waals surface area contributed by atoms with E-state index in [2.05, 4.69) is 26.6 Å². The highest BCUT2D eigenvalue weighted by Gasteiger charge is 2.28. The SMILES string of the molecule is O=C1NC(C(=O)Nc2cc(F)c(Br)cc2F)CS1. The van der Waals surface area contributed by atoms with Crippen LogP contribution in [0.5, 0.6) is 0 Å². The van der Waals surface area contributed by atoms with Crippen LogP contribution in [0, 0.1) is 11.6 Å². The molecule has 1 aromatic rings. The first-order chi connectivity index (χ1) is 8.47. The van der Waals surface area contributed by atoms with E-state index in [1.165, 1.54) is 0 Å². The zero-order valence-corrected chi connectivity index (χ0v) is 11.2. The molecule has 1 fully saturated rings. The summed E-state index contributed by atoms with van der Waals surface area (Å²) in [5, 5.41) is 4.34. The average Bonchev–Trinajstić information content (AvgIpc) is 2.73. The molecule has 0 spiro atoms. The van der Waals surface area contributed by atoms with Gasteiger partial charge in [0.15, 0.2) is 0 Å². The minimum Gasteiger partial charge on any atom is -0.334 e. The Labute approximate surface area is 114 Å². The van der Waals surface area contributed by atoms with Gasteiger partial charge >= 0.3 is 0 Å². The summed E-state index contributed by atoms with van der Waals surface area (Å²) >= 11 is 3.80. The molecule has 0 saturated carbocycles. The van der Waals surface area contributed by atoms with Crippen LogP contribution < -0.4 is 10.6 Å². The van der Waals surface area contributed by atoms with Crippen molar-refractivity contribution >= 4 is 44.5 Å². The molecule has 1 heterocycles. The first kappa shape index (κ1) is 13.3. The Morgan fingerprint density at radius 3 is 2.78 bits per heavy atom. The van der Waals surface area contributed by atoms with E-state index in [1.807, 2.05) is 0 Å². The van der Waals surface area contributed by atoms with Crippen molar-refractivity contribution in [3.63, 3.8) is 0 Å². The standard InChI is InChI=1S/C10H7BrF2N2O2S/c11-4-1-6(13)7(2-5(4)12)14-9(16)8-3-18-10(17)15-8/h1-2,8H,3H2,(H,14,16)(H,15,17). The fraction of sp³-hybridized carbons (Fsp3) is 0.200. The highest BCUT2D eigenvalue weighted by molar-refractivity contribution is 9.10. The van der Waals surface area contributed by atoms with Crippen LogP contribution in [0.1, 0.15) is 0 Å². The van der Waals surface area contributed by atoms with Gasteiger partial charge in [0, 0.05) is 11.8 Å². The molecular formula is C10H7BrF2N2O2S. The summed E-state index contributed by atoms with van der Waals surface area (Å²) in [7, 11) is 0. The summed E-state index contributed by atoms with van der Waals surface area (Å²) in [6, 6.07) is 1.07. The largest absolute Gasteiger partial charge is 0.334 e. The monoisotopic (exact) mass is 336 g/mol. The van der Waals surface area contributed by atoms with E-state index >= 15 is 0 Å². The fourth-order valence-electron chi connectivity index (χ4n) is 1.36. The average molecular weight is 337 g/mol. The number of rotatable bonds is 2. The lowest BCUT2D eigenvalue weighted by molar-refractivity contribution is -0.117. The van der Waals surface area contributed by atoms with Crippen LogP contribution in [0.4, 0.5) is 19.3 Å². The molecule has 0 radical (unpaired) electrons. The summed E-state index contributed by atoms with van der Waals surface area (Å²) in [5.41, 5.74) is -0.258. The van der Waals surface area contributed by atoms with E-state index in [-0.39, 0.29) is 21.2 Å². The lowest BCUT2D eigenvalue weighted by Crippen LogP contribution is -2.38. The Bertz CT molecular complexity index is 527. The minimum atomic E-state index is -0.756. The molecule has 0 bridgehead atoms. The van der Waals surface area contributed by atoms with Gasteiger partial charge < -0.3 is 10.6 Å². The Morgan fingerprint density at radius 1 is 1.44 bits per heavy atom. The third-order valence-corrected chi connectivity index (χ3v) is 3.75. The minimum absolute atomic E-state index is 0.0253. The number of halogens is 3. The van der Waals surface area contributed by atoms with Gasteiger partial charge in [-0.2, -0.15) is 0 Å². The number of hydrogen-bond acceptors (Lipinski definition) is 3. The molecule has 2 N–H and O–H groups in total. The molecule has 1 aromatic carbocycles. The smallest absolute Gasteiger partial charge is 0.279 e. The molecule has 1 saturated heterocycles. The van der Waals surface area contributed by atoms with Gasteiger partial charge in [0.2, 0.25) is 5.91 Å². The summed E-state index contributed by atoms with van der Waals surface area (Å²) < 4.78 is 26.6. The molecule has 0 aliphatic carbocycles. The van der Waals surface area contributed by atoms with Crippen LogP contribution in [0.3, 0.4) is 0 Å². The van der Waals surface area contributed by atoms with Gasteiger partial charge in [0.05, 0.1) is 10.2 Å². The normalized spacial score (nSPS) is 18.6. The quantitative estimate of drug-likeness (QED) is 0.816. The van der Waals surface area contributed by atoms with Crippen LogP contribution in [-0.4, -0.2) is 22.9 Å². The molecule has 96 valence electrons. The Kier molecular flexibility index (Phi) is 3.86. The van der Waals surface area contributed by atoms with Gasteiger partial charge in [-0.3, -0.25) is 9.59 Å². The molecule has 1 atom stereocenters. The molecule has 2 amide bonds. The molecule has 18 heavy (non-hydrogen) atoms. The molecule has 1 aliphatic heterocycles. The van der Waals surface area contributed by atoms with Crippen LogP contribution >= 0.6 is 27.7 Å². The van der Waals surface area contributed by atoms with Crippen LogP contribution in [-0.2, 0) is 4.79 Å². The van der Waals surface area contributed by atoms with E-state index in [0.717, 1.165) is 23.9 Å². The molecular weight excluding hydrogens is 330 g/mol. The molecule has 2 rings (SSSR count). The van der Waals surface area contributed by atoms with Crippen LogP contribution in [0.25, 0.3) is 0 Å². The van der Waals surface area contributed by atoms with E-state index < -0.39 is 23.6 Å². The predicted molar refractivity (Wildman–Crippen MR) is 67.5 cm³/mol. The first-order valence-corrected chi connectivity index (χ1v) is 6.64. The second-order valence-electron chi connectivity index (χ2n) is 3.53. The van der Waals surface area contributed by atoms with Crippen molar-refractivity contribution in [1.82, 2.24) is 5.32 Å². The predicted octanol–water partition coefficient (Wildman–Crippen LogP) is 2.49. The van der Waals surface area contributed by atoms with Gasteiger partial charge in [-0.15, -0.1) is 0 Å². The Balaban J connectivity index is 2.12. The van der Waals surface area contributed by atoms with Crippen molar-refractivity contribution in [3.05, 3.63) is 28.2 Å². The van der Waals surface area contributed by atoms with Crippen molar-refractivity contribution in [2.45, 2.75) is 6.04 Å². The third-order valence-electron chi connectivity index (χ3n) is 2.26. The number of benzene rings is 1. The van der Waals surface area contributed by atoms with Gasteiger partial charge in [-0.1, -0.05) is 11.8 Å². The van der Waals surface area contributed by atoms with Crippen molar-refractivity contribution in [2.24, 2.45) is 0 Å². The summed E-state index contributed by atoms with van der Waals surface area (Å²) in [5.74, 6) is -1.75. The lowest BCUT2D eigenvalue weighted by atomic mass is 10.2. The number of anilines is 1. The number of thioether (sulfide) groups is 1. The Hall–Kier alpha value is -1.15. The zero-order valence-electron chi connectivity index (χ0n) is 8.80. The van der Waals surface area contributed by atoms with Crippen molar-refractivity contribution in [1.29, 1.82) is 0 Å². The van der Waals surface area contributed by atoms with E-state index in [0.29, 0.717) is 0 Å². The maximum absolute atomic E-state index is 13.5. The van der Waals surface area contributed by atoms with E-state index in [9.17, 15) is 18.4 Å². The molecule has 1 unspecified atom stereocenters. The zero-order chi connectivity index (χ0) is 13.3. The third kappa shape index (κ3) is 2.81. The van der Waals surface area contributed by atoms with Gasteiger partial charge in [0.1, 0.15) is 17.7 Å². The number of carbonyl (C=O) groups excluding carboxylic acids is 2. The number of hydrogen-bond donors (Lipinski definition) is 2. The highest BCUT2D eigenvalue weighted by Crippen LogP contribution is 2.24. The fourth-order valence-corrected chi connectivity index (χ4v) is 2.46. The van der Waals surface area contributed by atoms with Gasteiger partial charge in [-0.05, 0) is 22.0 Å². The Morgan fingerprint density at radius 2 is 2.17 bits per heavy atom. The first-order valence-electron chi connectivity index (χ1n) is 4.86. The van der Waals surface area contributed by atoms with Gasteiger partial charge in [0.25, 0.3) is 5.24 Å². The summed E-state index contributed by atoms with van der Waals surface area (Å²) in [6.45, 7) is 0. The maximum Gasteiger partial charge on any atom is 0.279 e. The van der Waals surface area contributed by atoms with E-state index in [1.54, 1.807) is 0 Å². The van der Waals surface area contributed by atoms with E-state index in [4.69, 9.17) is 0 Å². The highest BCUT2D eigenvalue weighted by atomic mass is 79.9. The molecule has 4 nitrogen and oxygen atoms in total. The number of amides is 2. The molecule has 1 aliphatic rings.